The molecule has 2 aliphatic rings. The monoisotopic (exact) mass is 616 g/mol. The van der Waals surface area contributed by atoms with Gasteiger partial charge < -0.3 is 9.80 Å². The highest BCUT2D eigenvalue weighted by atomic mass is 127. The van der Waals surface area contributed by atoms with Gasteiger partial charge in [0, 0.05) is 68.8 Å². The Morgan fingerprint density at radius 1 is 1.26 bits per heavy atom. The van der Waals surface area contributed by atoms with Crippen molar-refractivity contribution in [1.29, 1.82) is 0 Å². The molecule has 2 amide bonds. The number of rotatable bonds is 5. The van der Waals surface area contributed by atoms with Gasteiger partial charge in [0.2, 0.25) is 5.91 Å². The van der Waals surface area contributed by atoms with Crippen LogP contribution in [-0.4, -0.2) is 46.2 Å². The highest BCUT2D eigenvalue weighted by Crippen LogP contribution is 2.40. The summed E-state index contributed by atoms with van der Waals surface area (Å²) in [6.07, 6.45) is 3.21. The van der Waals surface area contributed by atoms with Crippen molar-refractivity contribution in [2.45, 2.75) is 39.3 Å². The first-order valence-electron chi connectivity index (χ1n) is 10.3. The number of benzene rings is 1. The minimum Gasteiger partial charge on any atom is -0.341 e. The van der Waals surface area contributed by atoms with Gasteiger partial charge in [0.25, 0.3) is 5.91 Å². The third kappa shape index (κ3) is 4.62. The first kappa shape index (κ1) is 22.9. The van der Waals surface area contributed by atoms with Crippen LogP contribution in [0.4, 0.5) is 0 Å². The highest BCUT2D eigenvalue weighted by Gasteiger charge is 2.36. The summed E-state index contributed by atoms with van der Waals surface area (Å²) in [5, 5.41) is 0.563. The zero-order valence-corrected chi connectivity index (χ0v) is 21.7. The Bertz CT molecular complexity index is 1040. The van der Waals surface area contributed by atoms with Crippen LogP contribution >= 0.6 is 50.4 Å². The van der Waals surface area contributed by atoms with E-state index in [9.17, 15) is 9.59 Å². The number of hydrogen-bond donors (Lipinski definition) is 1. The number of carbonyl (C=O) groups is 2. The molecule has 0 aliphatic carbocycles. The average molecular weight is 618 g/mol. The molecular formula is C22H23BrClIN4O2. The van der Waals surface area contributed by atoms with Crippen molar-refractivity contribution in [3.63, 3.8) is 0 Å². The van der Waals surface area contributed by atoms with Crippen LogP contribution in [0, 0.1) is 6.92 Å². The van der Waals surface area contributed by atoms with E-state index in [0.29, 0.717) is 29.4 Å². The van der Waals surface area contributed by atoms with Crippen molar-refractivity contribution in [1.82, 2.24) is 18.3 Å². The molecule has 9 heteroatoms. The van der Waals surface area contributed by atoms with E-state index in [4.69, 9.17) is 16.6 Å². The molecule has 6 nitrogen and oxygen atoms in total. The average Bonchev–Trinajstić information content (AvgIpc) is 3.04. The Labute approximate surface area is 209 Å². The van der Waals surface area contributed by atoms with Crippen LogP contribution in [0.3, 0.4) is 0 Å². The number of aryl methyl sites for hydroxylation is 1. The van der Waals surface area contributed by atoms with Crippen LogP contribution in [0.1, 0.15) is 46.6 Å². The van der Waals surface area contributed by atoms with Crippen LogP contribution in [0.2, 0.25) is 5.02 Å². The first-order chi connectivity index (χ1) is 14.9. The molecule has 0 saturated carbocycles. The largest absolute Gasteiger partial charge is 0.341 e. The van der Waals surface area contributed by atoms with Gasteiger partial charge in [-0.05, 0) is 43.9 Å². The SMILES string of the molecule is Cc1nc2c(c(-c3ccc(Br)cc3Cl)c1CNI)C(=O)N(CC(=O)N1CCCCC1)C2. The molecule has 1 aromatic carbocycles. The van der Waals surface area contributed by atoms with E-state index in [-0.39, 0.29) is 18.4 Å². The van der Waals surface area contributed by atoms with E-state index in [1.165, 1.54) is 0 Å². The molecule has 31 heavy (non-hydrogen) atoms. The van der Waals surface area contributed by atoms with Crippen molar-refractivity contribution < 1.29 is 9.59 Å². The molecule has 2 aromatic rings. The Kier molecular flexibility index (Phi) is 7.20. The van der Waals surface area contributed by atoms with Crippen LogP contribution in [-0.2, 0) is 17.9 Å². The number of halogens is 3. The van der Waals surface area contributed by atoms with E-state index in [1.54, 1.807) is 4.90 Å². The first-order valence-corrected chi connectivity index (χ1v) is 12.5. The molecule has 1 aromatic heterocycles. The van der Waals surface area contributed by atoms with Gasteiger partial charge in [-0.25, -0.2) is 0 Å². The van der Waals surface area contributed by atoms with Crippen LogP contribution in [0.5, 0.6) is 0 Å². The highest BCUT2D eigenvalue weighted by molar-refractivity contribution is 14.1. The second-order valence-electron chi connectivity index (χ2n) is 7.91. The summed E-state index contributed by atoms with van der Waals surface area (Å²) in [6.45, 7) is 4.47. The zero-order chi connectivity index (χ0) is 22.1. The van der Waals surface area contributed by atoms with E-state index in [0.717, 1.165) is 59.2 Å². The number of aromatic nitrogens is 1. The van der Waals surface area contributed by atoms with E-state index in [2.05, 4.69) is 42.3 Å². The molecule has 1 fully saturated rings. The number of hydrogen-bond acceptors (Lipinski definition) is 4. The number of nitrogens with one attached hydrogen (secondary N) is 1. The number of nitrogens with zero attached hydrogens (tertiary/aromatic N) is 3. The summed E-state index contributed by atoms with van der Waals surface area (Å²) in [5.74, 6) is -0.147. The maximum absolute atomic E-state index is 13.5. The summed E-state index contributed by atoms with van der Waals surface area (Å²) in [6, 6.07) is 5.67. The van der Waals surface area contributed by atoms with Gasteiger partial charge in [-0.3, -0.25) is 18.1 Å². The van der Waals surface area contributed by atoms with Crippen LogP contribution in [0.25, 0.3) is 11.1 Å². The van der Waals surface area contributed by atoms with E-state index < -0.39 is 0 Å². The predicted octanol–water partition coefficient (Wildman–Crippen LogP) is 4.88. The minimum absolute atomic E-state index is 0.00922. The minimum atomic E-state index is -0.156. The second kappa shape index (κ2) is 9.72. The molecule has 3 heterocycles. The fourth-order valence-corrected chi connectivity index (χ4v) is 5.51. The summed E-state index contributed by atoms with van der Waals surface area (Å²) in [4.78, 5) is 34.5. The fraction of sp³-hybridized carbons (Fsp3) is 0.409. The third-order valence-electron chi connectivity index (χ3n) is 5.90. The number of piperidine rings is 1. The van der Waals surface area contributed by atoms with E-state index >= 15 is 0 Å². The smallest absolute Gasteiger partial charge is 0.257 e. The van der Waals surface area contributed by atoms with Crippen molar-refractivity contribution in [2.24, 2.45) is 0 Å². The summed E-state index contributed by atoms with van der Waals surface area (Å²) in [5.41, 5.74) is 4.67. The molecule has 4 rings (SSSR count). The number of fused-ring (bicyclic) bond motifs is 1. The molecule has 164 valence electrons. The van der Waals surface area contributed by atoms with Gasteiger partial charge in [-0.1, -0.05) is 33.6 Å². The molecule has 0 atom stereocenters. The van der Waals surface area contributed by atoms with Gasteiger partial charge >= 0.3 is 0 Å². The van der Waals surface area contributed by atoms with E-state index in [1.807, 2.05) is 30.0 Å². The Morgan fingerprint density at radius 2 is 2.00 bits per heavy atom. The molecule has 2 aliphatic heterocycles. The summed E-state index contributed by atoms with van der Waals surface area (Å²) in [7, 11) is 0. The van der Waals surface area contributed by atoms with Gasteiger partial charge in [-0.2, -0.15) is 0 Å². The lowest BCUT2D eigenvalue weighted by atomic mass is 9.93. The number of amides is 2. The van der Waals surface area contributed by atoms with Crippen molar-refractivity contribution >= 4 is 62.2 Å². The molecular weight excluding hydrogens is 595 g/mol. The van der Waals surface area contributed by atoms with Crippen LogP contribution < -0.4 is 3.53 Å². The predicted molar refractivity (Wildman–Crippen MR) is 133 cm³/mol. The maximum Gasteiger partial charge on any atom is 0.257 e. The molecule has 0 spiro atoms. The van der Waals surface area contributed by atoms with Crippen molar-refractivity contribution in [3.8, 4) is 11.1 Å². The quantitative estimate of drug-likeness (QED) is 0.384. The second-order valence-corrected chi connectivity index (χ2v) is 10.00. The molecule has 0 unspecified atom stereocenters. The maximum atomic E-state index is 13.5. The number of pyridine rings is 1. The zero-order valence-electron chi connectivity index (χ0n) is 17.2. The van der Waals surface area contributed by atoms with Gasteiger partial charge in [0.1, 0.15) is 6.54 Å². The normalized spacial score (nSPS) is 16.1. The van der Waals surface area contributed by atoms with Crippen molar-refractivity contribution in [2.75, 3.05) is 19.6 Å². The van der Waals surface area contributed by atoms with Gasteiger partial charge in [0.15, 0.2) is 0 Å². The van der Waals surface area contributed by atoms with Crippen LogP contribution in [0.15, 0.2) is 22.7 Å². The van der Waals surface area contributed by atoms with Crippen molar-refractivity contribution in [3.05, 3.63) is 50.2 Å². The Hall–Kier alpha value is -1.23. The molecule has 0 radical (unpaired) electrons. The topological polar surface area (TPSA) is 65.5 Å². The van der Waals surface area contributed by atoms with Gasteiger partial charge in [-0.15, -0.1) is 0 Å². The van der Waals surface area contributed by atoms with Gasteiger partial charge in [0.05, 0.1) is 17.8 Å². The number of likely N-dealkylation sites (tertiary alicyclic amines) is 1. The third-order valence-corrected chi connectivity index (χ3v) is 7.09. The lowest BCUT2D eigenvalue weighted by Crippen LogP contribution is -2.42. The summed E-state index contributed by atoms with van der Waals surface area (Å²) >= 11 is 12.1. The lowest BCUT2D eigenvalue weighted by molar-refractivity contribution is -0.132. The Morgan fingerprint density at radius 3 is 2.68 bits per heavy atom. The lowest BCUT2D eigenvalue weighted by Gasteiger charge is -2.28. The summed E-state index contributed by atoms with van der Waals surface area (Å²) < 4.78 is 4.02. The molecule has 1 N–H and O–H groups in total. The standard InChI is InChI=1S/C22H23BrClIN4O2/c1-13-16(10-26-25)20(15-6-5-14(23)9-17(15)24)21-18(27-13)11-29(22(21)31)12-19(30)28-7-3-2-4-8-28/h5-6,9,26H,2-4,7-8,10-12H2,1H3. The fourth-order valence-electron chi connectivity index (χ4n) is 4.36. The molecule has 1 saturated heterocycles. The number of carbonyl (C=O) groups excluding carboxylic acids is 2. The Balaban J connectivity index is 1.73. The molecule has 0 bridgehead atoms.